The summed E-state index contributed by atoms with van der Waals surface area (Å²) in [6, 6.07) is 3.82. The van der Waals surface area contributed by atoms with Crippen molar-refractivity contribution < 1.29 is 14.5 Å². The highest BCUT2D eigenvalue weighted by Crippen LogP contribution is 2.34. The number of nitro benzene ring substituents is 1. The molecule has 7 nitrogen and oxygen atoms in total. The number of nitro groups is 1. The molecule has 0 bridgehead atoms. The van der Waals surface area contributed by atoms with Gasteiger partial charge in [-0.1, -0.05) is 11.6 Å². The molecule has 20 heavy (non-hydrogen) atoms. The Bertz CT molecular complexity index is 696. The number of hydrogen-bond acceptors (Lipinski definition) is 5. The van der Waals surface area contributed by atoms with Crippen LogP contribution in [0.2, 0.25) is 5.02 Å². The minimum absolute atomic E-state index is 0.0898. The number of carbonyl (C=O) groups is 1. The molecule has 0 radical (unpaired) electrons. The molecule has 2 aromatic rings. The Morgan fingerprint density at radius 3 is 2.80 bits per heavy atom. The molecular formula is C12H10ClN3O4. The van der Waals surface area contributed by atoms with Crippen LogP contribution in [0.5, 0.6) is 11.6 Å². The van der Waals surface area contributed by atoms with Gasteiger partial charge in [-0.3, -0.25) is 14.9 Å². The summed E-state index contributed by atoms with van der Waals surface area (Å²) >= 11 is 5.94. The fourth-order valence-electron chi connectivity index (χ4n) is 1.70. The van der Waals surface area contributed by atoms with Crippen LogP contribution < -0.4 is 4.74 Å². The number of aryl methyl sites for hydroxylation is 2. The molecule has 0 fully saturated rings. The molecule has 0 saturated carbocycles. The lowest BCUT2D eigenvalue weighted by atomic mass is 10.3. The lowest BCUT2D eigenvalue weighted by Crippen LogP contribution is -1.98. The summed E-state index contributed by atoms with van der Waals surface area (Å²) in [4.78, 5) is 21.2. The van der Waals surface area contributed by atoms with Gasteiger partial charge in [-0.15, -0.1) is 0 Å². The molecule has 0 unspecified atom stereocenters. The number of ether oxygens (including phenoxy) is 1. The molecule has 0 spiro atoms. The zero-order valence-corrected chi connectivity index (χ0v) is 11.4. The zero-order valence-electron chi connectivity index (χ0n) is 10.7. The molecule has 0 atom stereocenters. The Morgan fingerprint density at radius 2 is 2.20 bits per heavy atom. The van der Waals surface area contributed by atoms with Gasteiger partial charge in [0.1, 0.15) is 0 Å². The first kappa shape index (κ1) is 14.0. The zero-order chi connectivity index (χ0) is 14.9. The number of carbonyl (C=O) groups excluding carboxylic acids is 1. The molecule has 1 aromatic heterocycles. The largest absolute Gasteiger partial charge is 0.437 e. The third-order valence-electron chi connectivity index (χ3n) is 2.66. The molecule has 0 N–H and O–H groups in total. The van der Waals surface area contributed by atoms with Crippen molar-refractivity contribution in [1.29, 1.82) is 0 Å². The predicted molar refractivity (Wildman–Crippen MR) is 71.5 cm³/mol. The molecule has 0 aliphatic carbocycles. The minimum Gasteiger partial charge on any atom is -0.437 e. The van der Waals surface area contributed by atoms with E-state index in [1.54, 1.807) is 14.0 Å². The average molecular weight is 296 g/mol. The molecule has 0 saturated heterocycles. The number of rotatable bonds is 4. The number of benzene rings is 1. The first-order valence-corrected chi connectivity index (χ1v) is 5.92. The quantitative estimate of drug-likeness (QED) is 0.491. The third-order valence-corrected chi connectivity index (χ3v) is 2.98. The van der Waals surface area contributed by atoms with Crippen LogP contribution in [0.1, 0.15) is 16.1 Å². The normalized spacial score (nSPS) is 10.3. The first-order chi connectivity index (χ1) is 9.43. The first-order valence-electron chi connectivity index (χ1n) is 5.54. The molecule has 0 amide bonds. The molecule has 2 rings (SSSR count). The Labute approximate surface area is 118 Å². The van der Waals surface area contributed by atoms with Crippen LogP contribution in [0.3, 0.4) is 0 Å². The fourth-order valence-corrected chi connectivity index (χ4v) is 1.85. The van der Waals surface area contributed by atoms with Crippen molar-refractivity contribution >= 4 is 23.6 Å². The van der Waals surface area contributed by atoms with Crippen molar-refractivity contribution in [3.8, 4) is 11.6 Å². The molecule has 104 valence electrons. The summed E-state index contributed by atoms with van der Waals surface area (Å²) in [5.74, 6) is 0.270. The van der Waals surface area contributed by atoms with Crippen molar-refractivity contribution in [2.45, 2.75) is 6.92 Å². The van der Waals surface area contributed by atoms with Gasteiger partial charge in [-0.2, -0.15) is 5.10 Å². The Balaban J connectivity index is 2.47. The summed E-state index contributed by atoms with van der Waals surface area (Å²) in [6.07, 6.45) is 0.614. The highest BCUT2D eigenvalue weighted by atomic mass is 35.5. The van der Waals surface area contributed by atoms with Crippen LogP contribution in [-0.2, 0) is 7.05 Å². The van der Waals surface area contributed by atoms with E-state index in [-0.39, 0.29) is 27.9 Å². The van der Waals surface area contributed by atoms with Gasteiger partial charge in [0.25, 0.3) is 5.69 Å². The van der Waals surface area contributed by atoms with E-state index in [4.69, 9.17) is 16.3 Å². The highest BCUT2D eigenvalue weighted by molar-refractivity contribution is 6.32. The van der Waals surface area contributed by atoms with Gasteiger partial charge in [0, 0.05) is 13.1 Å². The SMILES string of the molecule is Cc1nn(C)c(Oc2cc([N+](=O)[O-])ccc2Cl)c1C=O. The number of aldehydes is 1. The number of non-ortho nitro benzene ring substituents is 1. The second kappa shape index (κ2) is 5.30. The van der Waals surface area contributed by atoms with Crippen LogP contribution in [0.4, 0.5) is 5.69 Å². The Kier molecular flexibility index (Phi) is 3.71. The van der Waals surface area contributed by atoms with Gasteiger partial charge in [-0.25, -0.2) is 4.68 Å². The number of hydrogen-bond donors (Lipinski definition) is 0. The van der Waals surface area contributed by atoms with Gasteiger partial charge in [0.15, 0.2) is 12.0 Å². The summed E-state index contributed by atoms with van der Waals surface area (Å²) in [5.41, 5.74) is 0.616. The van der Waals surface area contributed by atoms with E-state index in [2.05, 4.69) is 5.10 Å². The van der Waals surface area contributed by atoms with Gasteiger partial charge >= 0.3 is 0 Å². The summed E-state index contributed by atoms with van der Waals surface area (Å²) in [5, 5.41) is 15.0. The van der Waals surface area contributed by atoms with E-state index in [0.717, 1.165) is 0 Å². The highest BCUT2D eigenvalue weighted by Gasteiger charge is 2.18. The van der Waals surface area contributed by atoms with Crippen molar-refractivity contribution in [3.63, 3.8) is 0 Å². The lowest BCUT2D eigenvalue weighted by Gasteiger charge is -2.08. The minimum atomic E-state index is -0.557. The molecule has 0 aliphatic heterocycles. The van der Waals surface area contributed by atoms with Crippen molar-refractivity contribution in [3.05, 3.63) is 44.6 Å². The average Bonchev–Trinajstić information content (AvgIpc) is 2.66. The van der Waals surface area contributed by atoms with E-state index < -0.39 is 4.92 Å². The monoisotopic (exact) mass is 295 g/mol. The van der Waals surface area contributed by atoms with Gasteiger partial charge in [0.05, 0.1) is 27.3 Å². The van der Waals surface area contributed by atoms with E-state index >= 15 is 0 Å². The molecule has 8 heteroatoms. The topological polar surface area (TPSA) is 87.3 Å². The van der Waals surface area contributed by atoms with Crippen LogP contribution in [0, 0.1) is 17.0 Å². The Hall–Kier alpha value is -2.41. The van der Waals surface area contributed by atoms with Crippen LogP contribution in [0.15, 0.2) is 18.2 Å². The van der Waals surface area contributed by atoms with Gasteiger partial charge in [0.2, 0.25) is 5.88 Å². The lowest BCUT2D eigenvalue weighted by molar-refractivity contribution is -0.384. The smallest absolute Gasteiger partial charge is 0.273 e. The van der Waals surface area contributed by atoms with E-state index in [9.17, 15) is 14.9 Å². The van der Waals surface area contributed by atoms with Crippen LogP contribution in [-0.4, -0.2) is 21.0 Å². The second-order valence-corrected chi connectivity index (χ2v) is 4.43. The summed E-state index contributed by atoms with van der Waals surface area (Å²) < 4.78 is 6.88. The fraction of sp³-hybridized carbons (Fsp3) is 0.167. The van der Waals surface area contributed by atoms with Crippen molar-refractivity contribution in [1.82, 2.24) is 9.78 Å². The molecule has 1 heterocycles. The van der Waals surface area contributed by atoms with Crippen molar-refractivity contribution in [2.24, 2.45) is 7.05 Å². The van der Waals surface area contributed by atoms with E-state index in [1.165, 1.54) is 22.9 Å². The maximum Gasteiger partial charge on any atom is 0.273 e. The maximum absolute atomic E-state index is 11.0. The van der Waals surface area contributed by atoms with E-state index in [1.807, 2.05) is 0 Å². The van der Waals surface area contributed by atoms with Gasteiger partial charge in [-0.05, 0) is 13.0 Å². The Morgan fingerprint density at radius 1 is 1.50 bits per heavy atom. The molecule has 0 aliphatic rings. The number of halogens is 1. The van der Waals surface area contributed by atoms with E-state index in [0.29, 0.717) is 12.0 Å². The second-order valence-electron chi connectivity index (χ2n) is 4.02. The standard InChI is InChI=1S/C12H10ClN3O4/c1-7-9(6-17)12(15(2)14-7)20-11-5-8(16(18)19)3-4-10(11)13/h3-6H,1-2H3. The predicted octanol–water partition coefficient (Wildman–Crippen LogP) is 2.89. The third kappa shape index (κ3) is 2.48. The van der Waals surface area contributed by atoms with Crippen molar-refractivity contribution in [2.75, 3.05) is 0 Å². The number of nitrogens with zero attached hydrogens (tertiary/aromatic N) is 3. The van der Waals surface area contributed by atoms with Crippen LogP contribution >= 0.6 is 11.6 Å². The number of aromatic nitrogens is 2. The molecular weight excluding hydrogens is 286 g/mol. The summed E-state index contributed by atoms with van der Waals surface area (Å²) in [7, 11) is 1.60. The maximum atomic E-state index is 11.0. The van der Waals surface area contributed by atoms with Crippen LogP contribution in [0.25, 0.3) is 0 Å². The summed E-state index contributed by atoms with van der Waals surface area (Å²) in [6.45, 7) is 1.66. The van der Waals surface area contributed by atoms with Gasteiger partial charge < -0.3 is 4.74 Å². The molecule has 1 aromatic carbocycles.